The molecule has 2 rings (SSSR count). The van der Waals surface area contributed by atoms with E-state index in [9.17, 15) is 4.79 Å². The molecule has 1 atom stereocenters. The summed E-state index contributed by atoms with van der Waals surface area (Å²) < 4.78 is 5.31. The molecule has 0 N–H and O–H groups in total. The zero-order chi connectivity index (χ0) is 11.4. The fraction of sp³-hybridized carbons (Fsp3) is 0.357. The van der Waals surface area contributed by atoms with Crippen molar-refractivity contribution in [1.29, 1.82) is 0 Å². The zero-order valence-corrected chi connectivity index (χ0v) is 9.48. The van der Waals surface area contributed by atoms with Crippen LogP contribution in [-0.2, 0) is 9.53 Å². The van der Waals surface area contributed by atoms with E-state index >= 15 is 0 Å². The van der Waals surface area contributed by atoms with Crippen molar-refractivity contribution in [2.45, 2.75) is 25.4 Å². The summed E-state index contributed by atoms with van der Waals surface area (Å²) in [5, 5.41) is 0. The van der Waals surface area contributed by atoms with Gasteiger partial charge in [0.05, 0.1) is 6.10 Å². The average molecular weight is 216 g/mol. The zero-order valence-electron chi connectivity index (χ0n) is 9.48. The Bertz CT molecular complexity index is 392. The van der Waals surface area contributed by atoms with E-state index in [1.165, 1.54) is 0 Å². The van der Waals surface area contributed by atoms with E-state index in [1.807, 2.05) is 36.4 Å². The molecule has 0 aliphatic heterocycles. The second-order valence-corrected chi connectivity index (χ2v) is 4.10. The number of Topliss-reactive ketones (excluding diaryl/α,β-unsaturated/α-hetero) is 1. The van der Waals surface area contributed by atoms with Gasteiger partial charge in [-0.2, -0.15) is 0 Å². The van der Waals surface area contributed by atoms with E-state index in [2.05, 4.69) is 0 Å². The summed E-state index contributed by atoms with van der Waals surface area (Å²) in [7, 11) is 1.71. The Morgan fingerprint density at radius 2 is 2.06 bits per heavy atom. The number of methoxy groups -OCH3 is 1. The molecular weight excluding hydrogens is 200 g/mol. The van der Waals surface area contributed by atoms with Crippen molar-refractivity contribution >= 4 is 11.9 Å². The first-order chi connectivity index (χ1) is 7.79. The van der Waals surface area contributed by atoms with Crippen LogP contribution in [0.25, 0.3) is 6.08 Å². The van der Waals surface area contributed by atoms with Gasteiger partial charge in [0.1, 0.15) is 0 Å². The van der Waals surface area contributed by atoms with Gasteiger partial charge in [0.25, 0.3) is 0 Å². The topological polar surface area (TPSA) is 26.3 Å². The highest BCUT2D eigenvalue weighted by atomic mass is 16.5. The molecule has 0 saturated heterocycles. The third kappa shape index (κ3) is 2.58. The van der Waals surface area contributed by atoms with Gasteiger partial charge in [-0.05, 0) is 23.6 Å². The van der Waals surface area contributed by atoms with Crippen LogP contribution in [0.15, 0.2) is 35.9 Å². The largest absolute Gasteiger partial charge is 0.381 e. The van der Waals surface area contributed by atoms with E-state index in [-0.39, 0.29) is 11.9 Å². The maximum atomic E-state index is 11.7. The molecule has 1 aromatic rings. The third-order valence-corrected chi connectivity index (χ3v) is 2.97. The fourth-order valence-electron chi connectivity index (χ4n) is 2.00. The molecule has 0 heterocycles. The summed E-state index contributed by atoms with van der Waals surface area (Å²) >= 11 is 0. The minimum Gasteiger partial charge on any atom is -0.381 e. The van der Waals surface area contributed by atoms with Crippen molar-refractivity contribution in [1.82, 2.24) is 0 Å². The molecular formula is C14H16O2. The predicted molar refractivity (Wildman–Crippen MR) is 64.1 cm³/mol. The van der Waals surface area contributed by atoms with Gasteiger partial charge < -0.3 is 4.74 Å². The molecule has 1 aliphatic rings. The second-order valence-electron chi connectivity index (χ2n) is 4.10. The Hall–Kier alpha value is -1.41. The van der Waals surface area contributed by atoms with Gasteiger partial charge in [0, 0.05) is 20.0 Å². The van der Waals surface area contributed by atoms with Gasteiger partial charge in [-0.15, -0.1) is 0 Å². The van der Waals surface area contributed by atoms with Crippen molar-refractivity contribution in [3.63, 3.8) is 0 Å². The molecule has 1 aliphatic carbocycles. The lowest BCUT2D eigenvalue weighted by Crippen LogP contribution is -2.22. The van der Waals surface area contributed by atoms with Gasteiger partial charge in [-0.25, -0.2) is 0 Å². The molecule has 0 radical (unpaired) electrons. The number of hydrogen-bond acceptors (Lipinski definition) is 2. The van der Waals surface area contributed by atoms with Crippen molar-refractivity contribution in [2.24, 2.45) is 0 Å². The Morgan fingerprint density at radius 3 is 2.75 bits per heavy atom. The first-order valence-corrected chi connectivity index (χ1v) is 5.61. The standard InChI is InChI=1S/C14H16O2/c1-16-13-7-8-14(15)12(10-13)9-11-5-3-2-4-6-11/h2-6,9,13H,7-8,10H2,1H3. The number of rotatable bonds is 2. The van der Waals surface area contributed by atoms with Crippen LogP contribution in [0.4, 0.5) is 0 Å². The number of ketones is 1. The van der Waals surface area contributed by atoms with Gasteiger partial charge in [-0.3, -0.25) is 4.79 Å². The number of carbonyl (C=O) groups is 1. The highest BCUT2D eigenvalue weighted by Crippen LogP contribution is 2.24. The molecule has 1 fully saturated rings. The molecule has 2 nitrogen and oxygen atoms in total. The lowest BCUT2D eigenvalue weighted by Gasteiger charge is -2.21. The van der Waals surface area contributed by atoms with Crippen molar-refractivity contribution < 1.29 is 9.53 Å². The molecule has 2 heteroatoms. The third-order valence-electron chi connectivity index (χ3n) is 2.97. The van der Waals surface area contributed by atoms with E-state index in [1.54, 1.807) is 7.11 Å². The quantitative estimate of drug-likeness (QED) is 0.710. The number of carbonyl (C=O) groups excluding carboxylic acids is 1. The lowest BCUT2D eigenvalue weighted by atomic mass is 9.90. The Labute approximate surface area is 95.9 Å². The molecule has 84 valence electrons. The van der Waals surface area contributed by atoms with Gasteiger partial charge in [0.2, 0.25) is 0 Å². The monoisotopic (exact) mass is 216 g/mol. The molecule has 0 spiro atoms. The first kappa shape index (κ1) is 11.1. The van der Waals surface area contributed by atoms with Crippen molar-refractivity contribution in [3.8, 4) is 0 Å². The molecule has 1 unspecified atom stereocenters. The first-order valence-electron chi connectivity index (χ1n) is 5.61. The minimum atomic E-state index is 0.202. The maximum Gasteiger partial charge on any atom is 0.159 e. The normalized spacial score (nSPS) is 23.7. The maximum absolute atomic E-state index is 11.7. The van der Waals surface area contributed by atoms with Crippen molar-refractivity contribution in [2.75, 3.05) is 7.11 Å². The Kier molecular flexibility index (Phi) is 3.52. The number of benzene rings is 1. The summed E-state index contributed by atoms with van der Waals surface area (Å²) in [4.78, 5) is 11.7. The van der Waals surface area contributed by atoms with Gasteiger partial charge in [0.15, 0.2) is 5.78 Å². The second kappa shape index (κ2) is 5.08. The fourth-order valence-corrected chi connectivity index (χ4v) is 2.00. The van der Waals surface area contributed by atoms with Crippen LogP contribution in [0.2, 0.25) is 0 Å². The molecule has 16 heavy (non-hydrogen) atoms. The van der Waals surface area contributed by atoms with Crippen LogP contribution in [-0.4, -0.2) is 19.0 Å². The van der Waals surface area contributed by atoms with E-state index in [4.69, 9.17) is 4.74 Å². The summed E-state index contributed by atoms with van der Waals surface area (Å²) in [6, 6.07) is 9.96. The minimum absolute atomic E-state index is 0.202. The van der Waals surface area contributed by atoms with Gasteiger partial charge in [-0.1, -0.05) is 30.3 Å². The summed E-state index contributed by atoms with van der Waals surface area (Å²) in [6.07, 6.45) is 4.38. The summed E-state index contributed by atoms with van der Waals surface area (Å²) in [5.41, 5.74) is 1.98. The Balaban J connectivity index is 2.18. The highest BCUT2D eigenvalue weighted by molar-refractivity contribution is 6.00. The smallest absolute Gasteiger partial charge is 0.159 e. The lowest BCUT2D eigenvalue weighted by molar-refractivity contribution is -0.117. The number of ether oxygens (including phenoxy) is 1. The Morgan fingerprint density at radius 1 is 1.31 bits per heavy atom. The van der Waals surface area contributed by atoms with E-state index < -0.39 is 0 Å². The van der Waals surface area contributed by atoms with Crippen LogP contribution in [0.5, 0.6) is 0 Å². The van der Waals surface area contributed by atoms with Gasteiger partial charge >= 0.3 is 0 Å². The molecule has 0 bridgehead atoms. The summed E-state index contributed by atoms with van der Waals surface area (Å²) in [6.45, 7) is 0. The molecule has 0 amide bonds. The number of hydrogen-bond donors (Lipinski definition) is 0. The molecule has 1 aromatic carbocycles. The molecule has 0 aromatic heterocycles. The van der Waals surface area contributed by atoms with Crippen LogP contribution in [0.3, 0.4) is 0 Å². The van der Waals surface area contributed by atoms with E-state index in [0.29, 0.717) is 6.42 Å². The molecule has 1 saturated carbocycles. The van der Waals surface area contributed by atoms with Crippen LogP contribution >= 0.6 is 0 Å². The highest BCUT2D eigenvalue weighted by Gasteiger charge is 2.22. The van der Waals surface area contributed by atoms with Crippen LogP contribution in [0.1, 0.15) is 24.8 Å². The van der Waals surface area contributed by atoms with E-state index in [0.717, 1.165) is 24.0 Å². The SMILES string of the molecule is COC1CCC(=O)C(=Cc2ccccc2)C1. The predicted octanol–water partition coefficient (Wildman–Crippen LogP) is 2.84. The van der Waals surface area contributed by atoms with Crippen molar-refractivity contribution in [3.05, 3.63) is 41.5 Å². The van der Waals surface area contributed by atoms with Crippen LogP contribution in [0, 0.1) is 0 Å². The van der Waals surface area contributed by atoms with Crippen LogP contribution < -0.4 is 0 Å². The average Bonchev–Trinajstić information content (AvgIpc) is 2.33. The summed E-state index contributed by atoms with van der Waals surface area (Å²) in [5.74, 6) is 0.261.